The van der Waals surface area contributed by atoms with Gasteiger partial charge in [0.15, 0.2) is 0 Å². The van der Waals surface area contributed by atoms with Crippen molar-refractivity contribution in [1.82, 2.24) is 4.90 Å². The zero-order valence-electron chi connectivity index (χ0n) is 12.6. The molecule has 1 aliphatic heterocycles. The predicted molar refractivity (Wildman–Crippen MR) is 85.8 cm³/mol. The second-order valence-corrected chi connectivity index (χ2v) is 5.52. The van der Waals surface area contributed by atoms with E-state index in [-0.39, 0.29) is 0 Å². The molecule has 0 bridgehead atoms. The minimum atomic E-state index is 0.974. The fourth-order valence-electron chi connectivity index (χ4n) is 2.95. The minimum absolute atomic E-state index is 0.974. The van der Waals surface area contributed by atoms with E-state index in [0.717, 1.165) is 6.42 Å². The summed E-state index contributed by atoms with van der Waals surface area (Å²) in [6.45, 7) is 0. The number of nitrogens with zero attached hydrogens (tertiary/aromatic N) is 3. The van der Waals surface area contributed by atoms with Crippen LogP contribution in [0.5, 0.6) is 0 Å². The van der Waals surface area contributed by atoms with E-state index in [1.165, 1.54) is 28.5 Å². The predicted octanol–water partition coefficient (Wildman–Crippen LogP) is 3.19. The van der Waals surface area contributed by atoms with Gasteiger partial charge in [-0.25, -0.2) is 0 Å². The molecule has 0 N–H and O–H groups in total. The summed E-state index contributed by atoms with van der Waals surface area (Å²) in [5.41, 5.74) is 5.17. The Hall–Kier alpha value is -2.16. The van der Waals surface area contributed by atoms with E-state index in [4.69, 9.17) is 0 Å². The lowest BCUT2D eigenvalue weighted by Gasteiger charge is -2.24. The van der Waals surface area contributed by atoms with Crippen molar-refractivity contribution >= 4 is 11.4 Å². The van der Waals surface area contributed by atoms with E-state index in [2.05, 4.69) is 85.4 Å². The average Bonchev–Trinajstić information content (AvgIpc) is 2.72. The van der Waals surface area contributed by atoms with E-state index in [1.807, 2.05) is 0 Å². The zero-order chi connectivity index (χ0) is 14.3. The van der Waals surface area contributed by atoms with Crippen LogP contribution in [0.25, 0.3) is 0 Å². The van der Waals surface area contributed by atoms with Crippen LogP contribution >= 0.6 is 0 Å². The highest BCUT2D eigenvalue weighted by Gasteiger charge is 2.27. The van der Waals surface area contributed by atoms with Gasteiger partial charge in [0.25, 0.3) is 0 Å². The lowest BCUT2D eigenvalue weighted by molar-refractivity contribution is 0.526. The molecule has 3 nitrogen and oxygen atoms in total. The van der Waals surface area contributed by atoms with Crippen LogP contribution in [0, 0.1) is 0 Å². The molecule has 1 aromatic carbocycles. The molecule has 104 valence electrons. The van der Waals surface area contributed by atoms with Crippen LogP contribution in [-0.2, 0) is 0 Å². The van der Waals surface area contributed by atoms with Crippen molar-refractivity contribution in [3.63, 3.8) is 0 Å². The van der Waals surface area contributed by atoms with E-state index in [0.29, 0.717) is 0 Å². The Kier molecular flexibility index (Phi) is 3.05. The molecule has 3 heteroatoms. The summed E-state index contributed by atoms with van der Waals surface area (Å²) >= 11 is 0. The van der Waals surface area contributed by atoms with Crippen molar-refractivity contribution in [3.8, 4) is 0 Å². The van der Waals surface area contributed by atoms with Gasteiger partial charge < -0.3 is 14.7 Å². The highest BCUT2D eigenvalue weighted by Crippen LogP contribution is 2.41. The van der Waals surface area contributed by atoms with Crippen molar-refractivity contribution in [2.75, 3.05) is 38.0 Å². The lowest BCUT2D eigenvalue weighted by atomic mass is 10.0. The SMILES string of the molecule is CN(C)C1=CCC(=C2N(C)c3ccccc3N2C)C=C1. The number of anilines is 2. The first-order chi connectivity index (χ1) is 9.59. The Labute approximate surface area is 121 Å². The fourth-order valence-corrected chi connectivity index (χ4v) is 2.95. The number of likely N-dealkylation sites (N-methyl/N-ethyl adjacent to an activating group) is 1. The summed E-state index contributed by atoms with van der Waals surface area (Å²) in [7, 11) is 8.45. The van der Waals surface area contributed by atoms with E-state index < -0.39 is 0 Å². The van der Waals surface area contributed by atoms with Gasteiger partial charge >= 0.3 is 0 Å². The van der Waals surface area contributed by atoms with E-state index >= 15 is 0 Å². The van der Waals surface area contributed by atoms with Gasteiger partial charge in [-0.15, -0.1) is 0 Å². The van der Waals surface area contributed by atoms with Crippen LogP contribution in [0.2, 0.25) is 0 Å². The van der Waals surface area contributed by atoms with Crippen LogP contribution in [0.15, 0.2) is 59.6 Å². The minimum Gasteiger partial charge on any atom is -0.378 e. The number of benzene rings is 1. The summed E-state index contributed by atoms with van der Waals surface area (Å²) in [5.74, 6) is 1.27. The zero-order valence-corrected chi connectivity index (χ0v) is 12.6. The van der Waals surface area contributed by atoms with Crippen molar-refractivity contribution in [2.24, 2.45) is 0 Å². The Balaban J connectivity index is 1.98. The summed E-state index contributed by atoms with van der Waals surface area (Å²) in [6, 6.07) is 8.54. The second kappa shape index (κ2) is 4.75. The molecule has 0 amide bonds. The maximum Gasteiger partial charge on any atom is 0.116 e. The number of rotatable bonds is 1. The molecule has 0 saturated carbocycles. The molecule has 0 atom stereocenters. The van der Waals surface area contributed by atoms with Crippen molar-refractivity contribution in [1.29, 1.82) is 0 Å². The van der Waals surface area contributed by atoms with Gasteiger partial charge in [-0.1, -0.05) is 24.3 Å². The molecule has 0 spiro atoms. The first-order valence-electron chi connectivity index (χ1n) is 6.95. The van der Waals surface area contributed by atoms with E-state index in [9.17, 15) is 0 Å². The van der Waals surface area contributed by atoms with Gasteiger partial charge in [0.2, 0.25) is 0 Å². The first-order valence-corrected chi connectivity index (χ1v) is 6.95. The third-order valence-corrected chi connectivity index (χ3v) is 4.03. The molecule has 3 rings (SSSR count). The summed E-state index contributed by atoms with van der Waals surface area (Å²) in [4.78, 5) is 6.71. The molecule has 1 heterocycles. The number of para-hydroxylation sites is 2. The second-order valence-electron chi connectivity index (χ2n) is 5.52. The number of fused-ring (bicyclic) bond motifs is 1. The van der Waals surface area contributed by atoms with Crippen molar-refractivity contribution < 1.29 is 0 Å². The summed E-state index contributed by atoms with van der Waals surface area (Å²) in [5, 5.41) is 0. The normalized spacial score (nSPS) is 17.5. The Bertz CT molecular complexity index is 592. The molecule has 20 heavy (non-hydrogen) atoms. The van der Waals surface area contributed by atoms with Crippen LogP contribution in [-0.4, -0.2) is 33.1 Å². The Morgan fingerprint density at radius 2 is 1.55 bits per heavy atom. The van der Waals surface area contributed by atoms with Gasteiger partial charge in [0.1, 0.15) is 5.82 Å². The molecule has 2 aliphatic rings. The number of hydrogen-bond donors (Lipinski definition) is 0. The standard InChI is InChI=1S/C17H21N3/c1-18(2)14-11-9-13(10-12-14)17-19(3)15-7-5-6-8-16(15)20(17)4/h5-9,11-12H,10H2,1-4H3. The van der Waals surface area contributed by atoms with Crippen LogP contribution in [0.3, 0.4) is 0 Å². The summed E-state index contributed by atoms with van der Waals surface area (Å²) in [6.07, 6.45) is 7.69. The van der Waals surface area contributed by atoms with Crippen molar-refractivity contribution in [3.05, 3.63) is 59.6 Å². The molecular weight excluding hydrogens is 246 g/mol. The van der Waals surface area contributed by atoms with Crippen LogP contribution in [0.4, 0.5) is 11.4 Å². The van der Waals surface area contributed by atoms with E-state index in [1.54, 1.807) is 0 Å². The first kappa shape index (κ1) is 12.9. The average molecular weight is 267 g/mol. The Morgan fingerprint density at radius 1 is 0.950 bits per heavy atom. The Morgan fingerprint density at radius 3 is 2.00 bits per heavy atom. The van der Waals surface area contributed by atoms with Gasteiger partial charge in [-0.2, -0.15) is 0 Å². The maximum absolute atomic E-state index is 2.28. The molecule has 0 aromatic heterocycles. The van der Waals surface area contributed by atoms with Gasteiger partial charge in [0.05, 0.1) is 11.4 Å². The highest BCUT2D eigenvalue weighted by atomic mass is 15.4. The molecule has 0 saturated heterocycles. The molecule has 1 aromatic rings. The molecule has 0 fully saturated rings. The monoisotopic (exact) mass is 267 g/mol. The fraction of sp³-hybridized carbons (Fsp3) is 0.294. The topological polar surface area (TPSA) is 9.72 Å². The van der Waals surface area contributed by atoms with Crippen molar-refractivity contribution in [2.45, 2.75) is 6.42 Å². The van der Waals surface area contributed by atoms with Gasteiger partial charge in [-0.05, 0) is 30.2 Å². The summed E-state index contributed by atoms with van der Waals surface area (Å²) < 4.78 is 0. The van der Waals surface area contributed by atoms with Crippen LogP contribution in [0.1, 0.15) is 6.42 Å². The molecule has 0 unspecified atom stereocenters. The smallest absolute Gasteiger partial charge is 0.116 e. The largest absolute Gasteiger partial charge is 0.378 e. The third kappa shape index (κ3) is 1.90. The van der Waals surface area contributed by atoms with Gasteiger partial charge in [-0.3, -0.25) is 0 Å². The lowest BCUT2D eigenvalue weighted by Crippen LogP contribution is -2.24. The molecule has 1 aliphatic carbocycles. The van der Waals surface area contributed by atoms with Gasteiger partial charge in [0, 0.05) is 33.9 Å². The number of hydrogen-bond acceptors (Lipinski definition) is 3. The molecule has 0 radical (unpaired) electrons. The third-order valence-electron chi connectivity index (χ3n) is 4.03. The number of allylic oxidation sites excluding steroid dienone is 4. The highest BCUT2D eigenvalue weighted by molar-refractivity contribution is 5.82. The maximum atomic E-state index is 2.28. The quantitative estimate of drug-likeness (QED) is 0.773. The molecular formula is C17H21N3. The van der Waals surface area contributed by atoms with Crippen LogP contribution < -0.4 is 9.80 Å².